The van der Waals surface area contributed by atoms with E-state index in [9.17, 15) is 14.7 Å². The van der Waals surface area contributed by atoms with Gasteiger partial charge in [0.1, 0.15) is 11.5 Å². The number of ether oxygens (including phenoxy) is 2. The number of hydrogen-bond donors (Lipinski definition) is 1. The first-order valence-corrected chi connectivity index (χ1v) is 7.47. The molecule has 6 heteroatoms. The normalized spacial score (nSPS) is 19.2. The number of hydrogen-bond acceptors (Lipinski definition) is 5. The van der Waals surface area contributed by atoms with Gasteiger partial charge in [0, 0.05) is 10.6 Å². The van der Waals surface area contributed by atoms with Gasteiger partial charge in [-0.05, 0) is 42.0 Å². The Morgan fingerprint density at radius 2 is 1.71 bits per heavy atom. The van der Waals surface area contributed by atoms with Crippen LogP contribution in [0.5, 0.6) is 5.75 Å². The number of halogens is 1. The summed E-state index contributed by atoms with van der Waals surface area (Å²) in [5.41, 5.74) is 0.845. The zero-order valence-electron chi connectivity index (χ0n) is 12.7. The first kappa shape index (κ1) is 16.1. The molecule has 2 aromatic carbocycles. The van der Waals surface area contributed by atoms with Crippen LogP contribution in [-0.4, -0.2) is 24.0 Å². The Bertz CT molecular complexity index is 821. The SMILES string of the molecule is COc1ccc([C@@H]2OC(=O)C(=O)C2=C(O)c2ccc(Cl)cc2)cc1. The van der Waals surface area contributed by atoms with Crippen molar-refractivity contribution in [2.24, 2.45) is 0 Å². The van der Waals surface area contributed by atoms with Crippen LogP contribution in [0.2, 0.25) is 5.02 Å². The average molecular weight is 345 g/mol. The lowest BCUT2D eigenvalue weighted by Crippen LogP contribution is -2.08. The number of cyclic esters (lactones) is 1. The van der Waals surface area contributed by atoms with Gasteiger partial charge < -0.3 is 14.6 Å². The van der Waals surface area contributed by atoms with Crippen LogP contribution in [0.4, 0.5) is 0 Å². The van der Waals surface area contributed by atoms with Crippen LogP contribution in [0.1, 0.15) is 17.2 Å². The molecule has 0 radical (unpaired) electrons. The van der Waals surface area contributed by atoms with E-state index in [2.05, 4.69) is 0 Å². The number of rotatable bonds is 3. The van der Waals surface area contributed by atoms with E-state index >= 15 is 0 Å². The number of aliphatic hydroxyl groups excluding tert-OH is 1. The van der Waals surface area contributed by atoms with Crippen molar-refractivity contribution in [3.63, 3.8) is 0 Å². The van der Waals surface area contributed by atoms with E-state index in [4.69, 9.17) is 21.1 Å². The molecule has 0 saturated carbocycles. The van der Waals surface area contributed by atoms with Crippen molar-refractivity contribution in [3.05, 3.63) is 70.3 Å². The standard InChI is InChI=1S/C18H13ClO5/c1-23-13-8-4-11(5-9-13)17-14(16(21)18(22)24-17)15(20)10-2-6-12(19)7-3-10/h2-9,17,20H,1H3/t17-/m0/s1. The highest BCUT2D eigenvalue weighted by Crippen LogP contribution is 2.37. The highest BCUT2D eigenvalue weighted by atomic mass is 35.5. The maximum absolute atomic E-state index is 12.2. The molecule has 3 rings (SSSR count). The van der Waals surface area contributed by atoms with Crippen LogP contribution < -0.4 is 4.74 Å². The quantitative estimate of drug-likeness (QED) is 0.399. The summed E-state index contributed by atoms with van der Waals surface area (Å²) in [5.74, 6) is -1.53. The number of carbonyl (C=O) groups is 2. The molecule has 1 N–H and O–H groups in total. The molecular weight excluding hydrogens is 332 g/mol. The van der Waals surface area contributed by atoms with Crippen molar-refractivity contribution in [1.29, 1.82) is 0 Å². The first-order valence-electron chi connectivity index (χ1n) is 7.09. The molecule has 1 aliphatic heterocycles. The minimum absolute atomic E-state index is 0.0903. The summed E-state index contributed by atoms with van der Waals surface area (Å²) in [6.45, 7) is 0. The maximum atomic E-state index is 12.2. The molecule has 0 amide bonds. The van der Waals surface area contributed by atoms with Gasteiger partial charge in [-0.2, -0.15) is 0 Å². The molecule has 0 aromatic heterocycles. The third kappa shape index (κ3) is 2.86. The number of aliphatic hydroxyl groups is 1. The third-order valence-corrected chi connectivity index (χ3v) is 3.96. The van der Waals surface area contributed by atoms with Crippen molar-refractivity contribution in [1.82, 2.24) is 0 Å². The van der Waals surface area contributed by atoms with Gasteiger partial charge in [-0.3, -0.25) is 4.79 Å². The monoisotopic (exact) mass is 344 g/mol. The fraction of sp³-hybridized carbons (Fsp3) is 0.111. The van der Waals surface area contributed by atoms with Gasteiger partial charge in [-0.1, -0.05) is 23.7 Å². The van der Waals surface area contributed by atoms with Crippen LogP contribution in [-0.2, 0) is 14.3 Å². The number of benzene rings is 2. The van der Waals surface area contributed by atoms with Crippen molar-refractivity contribution in [2.75, 3.05) is 7.11 Å². The van der Waals surface area contributed by atoms with Gasteiger partial charge in [0.25, 0.3) is 5.78 Å². The summed E-state index contributed by atoms with van der Waals surface area (Å²) < 4.78 is 10.2. The van der Waals surface area contributed by atoms with Gasteiger partial charge in [-0.15, -0.1) is 0 Å². The Kier molecular flexibility index (Phi) is 4.27. The zero-order valence-corrected chi connectivity index (χ0v) is 13.4. The molecule has 5 nitrogen and oxygen atoms in total. The van der Waals surface area contributed by atoms with E-state index in [1.807, 2.05) is 0 Å². The third-order valence-electron chi connectivity index (χ3n) is 3.71. The number of carbonyl (C=O) groups excluding carboxylic acids is 2. The topological polar surface area (TPSA) is 72.8 Å². The summed E-state index contributed by atoms with van der Waals surface area (Å²) in [7, 11) is 1.53. The van der Waals surface area contributed by atoms with Crippen LogP contribution in [0.25, 0.3) is 5.76 Å². The second kappa shape index (κ2) is 6.37. The Labute approximate surface area is 143 Å². The minimum Gasteiger partial charge on any atom is -0.507 e. The predicted octanol–water partition coefficient (Wildman–Crippen LogP) is 3.48. The van der Waals surface area contributed by atoms with Crippen LogP contribution in [0.3, 0.4) is 0 Å². The Morgan fingerprint density at radius 1 is 1.08 bits per heavy atom. The molecule has 0 unspecified atom stereocenters. The summed E-state index contributed by atoms with van der Waals surface area (Å²) >= 11 is 5.83. The fourth-order valence-corrected chi connectivity index (χ4v) is 2.58. The number of esters is 1. The van der Waals surface area contributed by atoms with Crippen molar-refractivity contribution < 1.29 is 24.2 Å². The predicted molar refractivity (Wildman–Crippen MR) is 87.8 cm³/mol. The van der Waals surface area contributed by atoms with Gasteiger partial charge in [0.2, 0.25) is 0 Å². The first-order chi connectivity index (χ1) is 11.5. The molecule has 1 aliphatic rings. The highest BCUT2D eigenvalue weighted by molar-refractivity contribution is 6.44. The molecule has 24 heavy (non-hydrogen) atoms. The van der Waals surface area contributed by atoms with Crippen LogP contribution >= 0.6 is 11.6 Å². The van der Waals surface area contributed by atoms with E-state index < -0.39 is 17.9 Å². The molecule has 1 saturated heterocycles. The average Bonchev–Trinajstić information content (AvgIpc) is 2.90. The Morgan fingerprint density at radius 3 is 2.29 bits per heavy atom. The Hall–Kier alpha value is -2.79. The summed E-state index contributed by atoms with van der Waals surface area (Å²) in [6.07, 6.45) is -0.966. The lowest BCUT2D eigenvalue weighted by Gasteiger charge is -2.13. The molecule has 0 aliphatic carbocycles. The van der Waals surface area contributed by atoms with Gasteiger partial charge in [-0.25, -0.2) is 4.79 Å². The van der Waals surface area contributed by atoms with Gasteiger partial charge >= 0.3 is 5.97 Å². The number of Topliss-reactive ketones (excluding diaryl/α,β-unsaturated/α-hetero) is 1. The van der Waals surface area contributed by atoms with Crippen LogP contribution in [0, 0.1) is 0 Å². The number of methoxy groups -OCH3 is 1. The molecule has 1 heterocycles. The van der Waals surface area contributed by atoms with E-state index in [0.29, 0.717) is 21.9 Å². The second-order valence-electron chi connectivity index (χ2n) is 5.16. The molecule has 0 bridgehead atoms. The molecule has 122 valence electrons. The molecule has 2 aromatic rings. The van der Waals surface area contributed by atoms with Crippen molar-refractivity contribution >= 4 is 29.1 Å². The number of ketones is 1. The highest BCUT2D eigenvalue weighted by Gasteiger charge is 2.42. The van der Waals surface area contributed by atoms with Gasteiger partial charge in [0.05, 0.1) is 12.7 Å². The van der Waals surface area contributed by atoms with Crippen molar-refractivity contribution in [3.8, 4) is 5.75 Å². The lowest BCUT2D eigenvalue weighted by atomic mass is 9.96. The molecule has 1 atom stereocenters. The fourth-order valence-electron chi connectivity index (χ4n) is 2.46. The maximum Gasteiger partial charge on any atom is 0.380 e. The Balaban J connectivity index is 2.07. The largest absolute Gasteiger partial charge is 0.507 e. The molecular formula is C18H13ClO5. The van der Waals surface area contributed by atoms with E-state index in [1.165, 1.54) is 7.11 Å². The van der Waals surface area contributed by atoms with E-state index in [0.717, 1.165) is 0 Å². The van der Waals surface area contributed by atoms with Gasteiger partial charge in [0.15, 0.2) is 6.10 Å². The summed E-state index contributed by atoms with van der Waals surface area (Å²) in [5, 5.41) is 11.0. The van der Waals surface area contributed by atoms with Crippen LogP contribution in [0.15, 0.2) is 54.1 Å². The minimum atomic E-state index is -0.994. The van der Waals surface area contributed by atoms with E-state index in [1.54, 1.807) is 48.5 Å². The summed E-state index contributed by atoms with van der Waals surface area (Å²) in [6, 6.07) is 13.0. The smallest absolute Gasteiger partial charge is 0.380 e. The second-order valence-corrected chi connectivity index (χ2v) is 5.59. The lowest BCUT2D eigenvalue weighted by molar-refractivity contribution is -0.149. The summed E-state index contributed by atoms with van der Waals surface area (Å²) in [4.78, 5) is 23.9. The van der Waals surface area contributed by atoms with E-state index in [-0.39, 0.29) is 11.3 Å². The molecule has 1 fully saturated rings. The zero-order chi connectivity index (χ0) is 17.3. The molecule has 0 spiro atoms. The van der Waals surface area contributed by atoms with Crippen molar-refractivity contribution in [2.45, 2.75) is 6.10 Å².